The molecule has 0 radical (unpaired) electrons. The molecule has 0 aliphatic rings. The smallest absolute Gasteiger partial charge is 0.328 e. The van der Waals surface area contributed by atoms with Crippen LogP contribution in [0.1, 0.15) is 21.5 Å². The van der Waals surface area contributed by atoms with E-state index in [9.17, 15) is 31.1 Å². The Morgan fingerprint density at radius 2 is 1.36 bits per heavy atom. The third kappa shape index (κ3) is 4.85. The summed E-state index contributed by atoms with van der Waals surface area (Å²) in [5.41, 5.74) is -2.38. The zero-order valence-electron chi connectivity index (χ0n) is 12.4. The van der Waals surface area contributed by atoms with Gasteiger partial charge in [-0.15, -0.1) is 0 Å². The van der Waals surface area contributed by atoms with Crippen molar-refractivity contribution in [2.45, 2.75) is 12.4 Å². The van der Waals surface area contributed by atoms with E-state index in [1.54, 1.807) is 0 Å². The lowest BCUT2D eigenvalue weighted by Crippen LogP contribution is -2.21. The molecule has 0 aliphatic heterocycles. The lowest BCUT2D eigenvalue weighted by Gasteiger charge is -2.12. The third-order valence-corrected chi connectivity index (χ3v) is 3.21. The second-order valence-corrected chi connectivity index (χ2v) is 4.97. The highest BCUT2D eigenvalue weighted by Gasteiger charge is 2.35. The maximum Gasteiger partial charge on any atom is 0.418 e. The zero-order chi connectivity index (χ0) is 18.7. The second kappa shape index (κ2) is 7.00. The molecule has 0 spiro atoms. The van der Waals surface area contributed by atoms with E-state index in [0.717, 1.165) is 12.1 Å². The van der Waals surface area contributed by atoms with E-state index in [4.69, 9.17) is 0 Å². The molecular weight excluding hydrogens is 348 g/mol. The van der Waals surface area contributed by atoms with Gasteiger partial charge in [0, 0.05) is 11.8 Å². The average molecular weight is 359 g/mol. The van der Waals surface area contributed by atoms with Gasteiger partial charge in [0.2, 0.25) is 0 Å². The minimum absolute atomic E-state index is 0.150. The maximum atomic E-state index is 13.1. The SMILES string of the molecule is O=C(NC=C(c1ccccc1)C(F)(F)F)c1ccc(C(F)(F)F)cc1. The Morgan fingerprint density at radius 1 is 0.800 bits per heavy atom. The minimum Gasteiger partial charge on any atom is -0.328 e. The van der Waals surface area contributed by atoms with Crippen molar-refractivity contribution in [3.05, 3.63) is 77.5 Å². The largest absolute Gasteiger partial charge is 0.418 e. The summed E-state index contributed by atoms with van der Waals surface area (Å²) in [6.07, 6.45) is -8.78. The van der Waals surface area contributed by atoms with Crippen LogP contribution in [0.4, 0.5) is 26.3 Å². The molecule has 0 bridgehead atoms. The second-order valence-electron chi connectivity index (χ2n) is 4.97. The summed E-state index contributed by atoms with van der Waals surface area (Å²) < 4.78 is 76.7. The van der Waals surface area contributed by atoms with E-state index in [1.807, 2.05) is 5.32 Å². The first-order valence-corrected chi connectivity index (χ1v) is 6.90. The third-order valence-electron chi connectivity index (χ3n) is 3.21. The minimum atomic E-state index is -4.71. The van der Waals surface area contributed by atoms with Crippen molar-refractivity contribution < 1.29 is 31.1 Å². The molecule has 2 nitrogen and oxygen atoms in total. The zero-order valence-corrected chi connectivity index (χ0v) is 12.4. The molecule has 0 fully saturated rings. The van der Waals surface area contributed by atoms with Gasteiger partial charge in [0.15, 0.2) is 0 Å². The number of rotatable bonds is 3. The van der Waals surface area contributed by atoms with E-state index in [1.165, 1.54) is 30.3 Å². The molecule has 1 amide bonds. The summed E-state index contributed by atoms with van der Waals surface area (Å²) >= 11 is 0. The highest BCUT2D eigenvalue weighted by Crippen LogP contribution is 2.33. The van der Waals surface area contributed by atoms with Gasteiger partial charge in [-0.3, -0.25) is 4.79 Å². The van der Waals surface area contributed by atoms with Crippen molar-refractivity contribution >= 4 is 11.5 Å². The number of hydrogen-bond donors (Lipinski definition) is 1. The summed E-state index contributed by atoms with van der Waals surface area (Å²) in [6, 6.07) is 9.95. The van der Waals surface area contributed by atoms with Crippen molar-refractivity contribution in [1.29, 1.82) is 0 Å². The van der Waals surface area contributed by atoms with Gasteiger partial charge in [0.25, 0.3) is 5.91 Å². The number of hydrogen-bond acceptors (Lipinski definition) is 1. The average Bonchev–Trinajstić information content (AvgIpc) is 2.54. The van der Waals surface area contributed by atoms with Crippen molar-refractivity contribution in [2.24, 2.45) is 0 Å². The summed E-state index contributed by atoms with van der Waals surface area (Å²) in [7, 11) is 0. The Balaban J connectivity index is 2.22. The van der Waals surface area contributed by atoms with Crippen LogP contribution in [-0.2, 0) is 6.18 Å². The van der Waals surface area contributed by atoms with Gasteiger partial charge in [0.1, 0.15) is 0 Å². The number of carbonyl (C=O) groups excluding carboxylic acids is 1. The molecule has 0 saturated heterocycles. The molecule has 2 rings (SSSR count). The normalized spacial score (nSPS) is 12.8. The van der Waals surface area contributed by atoms with Crippen molar-refractivity contribution in [3.8, 4) is 0 Å². The molecule has 0 atom stereocenters. The molecule has 132 valence electrons. The van der Waals surface area contributed by atoms with E-state index < -0.39 is 29.4 Å². The Morgan fingerprint density at radius 3 is 1.84 bits per heavy atom. The van der Waals surface area contributed by atoms with Crippen LogP contribution in [0.3, 0.4) is 0 Å². The Kier molecular flexibility index (Phi) is 5.20. The summed E-state index contributed by atoms with van der Waals surface area (Å²) in [4.78, 5) is 11.9. The van der Waals surface area contributed by atoms with E-state index in [2.05, 4.69) is 0 Å². The van der Waals surface area contributed by atoms with Crippen LogP contribution in [0.25, 0.3) is 5.57 Å². The molecule has 8 heteroatoms. The van der Waals surface area contributed by atoms with Crippen LogP contribution < -0.4 is 5.32 Å². The first-order chi connectivity index (χ1) is 11.6. The fraction of sp³-hybridized carbons (Fsp3) is 0.118. The Labute approximate surface area is 138 Å². The molecule has 0 heterocycles. The summed E-state index contributed by atoms with van der Waals surface area (Å²) in [6.45, 7) is 0. The lowest BCUT2D eigenvalue weighted by atomic mass is 10.1. The number of alkyl halides is 6. The molecule has 0 unspecified atom stereocenters. The maximum absolute atomic E-state index is 13.1. The quantitative estimate of drug-likeness (QED) is 0.765. The van der Waals surface area contributed by atoms with Crippen molar-refractivity contribution in [2.75, 3.05) is 0 Å². The molecule has 25 heavy (non-hydrogen) atoms. The number of carbonyl (C=O) groups is 1. The van der Waals surface area contributed by atoms with Crippen LogP contribution >= 0.6 is 0 Å². The fourth-order valence-electron chi connectivity index (χ4n) is 1.98. The first-order valence-electron chi connectivity index (χ1n) is 6.90. The van der Waals surface area contributed by atoms with Gasteiger partial charge in [-0.2, -0.15) is 26.3 Å². The van der Waals surface area contributed by atoms with Gasteiger partial charge < -0.3 is 5.32 Å². The molecular formula is C17H11F6NO. The Bertz CT molecular complexity index is 760. The van der Waals surface area contributed by atoms with Crippen LogP contribution in [0.15, 0.2) is 60.8 Å². The number of nitrogens with one attached hydrogen (secondary N) is 1. The number of amides is 1. The number of halogens is 6. The number of benzene rings is 2. The summed E-state index contributed by atoms with van der Waals surface area (Å²) in [5, 5.41) is 1.96. The monoisotopic (exact) mass is 359 g/mol. The van der Waals surface area contributed by atoms with Crippen LogP contribution in [-0.4, -0.2) is 12.1 Å². The van der Waals surface area contributed by atoms with Crippen LogP contribution in [0.5, 0.6) is 0 Å². The van der Waals surface area contributed by atoms with Gasteiger partial charge in [0.05, 0.1) is 11.1 Å². The highest BCUT2D eigenvalue weighted by molar-refractivity contribution is 5.95. The predicted molar refractivity (Wildman–Crippen MR) is 79.4 cm³/mol. The van der Waals surface area contributed by atoms with Crippen LogP contribution in [0.2, 0.25) is 0 Å². The Hall–Kier alpha value is -2.77. The first kappa shape index (κ1) is 18.6. The van der Waals surface area contributed by atoms with E-state index in [-0.39, 0.29) is 11.1 Å². The van der Waals surface area contributed by atoms with Gasteiger partial charge >= 0.3 is 12.4 Å². The van der Waals surface area contributed by atoms with E-state index in [0.29, 0.717) is 18.3 Å². The topological polar surface area (TPSA) is 29.1 Å². The highest BCUT2D eigenvalue weighted by atomic mass is 19.4. The lowest BCUT2D eigenvalue weighted by molar-refractivity contribution is -0.137. The number of allylic oxidation sites excluding steroid dienone is 1. The molecule has 0 aromatic heterocycles. The van der Waals surface area contributed by atoms with Crippen molar-refractivity contribution in [3.63, 3.8) is 0 Å². The molecule has 2 aromatic carbocycles. The van der Waals surface area contributed by atoms with E-state index >= 15 is 0 Å². The standard InChI is InChI=1S/C17H11F6NO/c18-16(19,20)13-8-6-12(7-9-13)15(25)24-10-14(17(21,22)23)11-4-2-1-3-5-11/h1-10H,(H,24,25). The van der Waals surface area contributed by atoms with Gasteiger partial charge in [-0.05, 0) is 29.8 Å². The molecule has 0 aliphatic carbocycles. The fourth-order valence-corrected chi connectivity index (χ4v) is 1.98. The molecule has 0 saturated carbocycles. The molecule has 2 aromatic rings. The predicted octanol–water partition coefficient (Wildman–Crippen LogP) is 5.04. The van der Waals surface area contributed by atoms with Crippen molar-refractivity contribution in [1.82, 2.24) is 5.32 Å². The summed E-state index contributed by atoms with van der Waals surface area (Å²) in [5.74, 6) is -0.952. The molecule has 1 N–H and O–H groups in total. The van der Waals surface area contributed by atoms with Crippen LogP contribution in [0, 0.1) is 0 Å². The van der Waals surface area contributed by atoms with Gasteiger partial charge in [-0.25, -0.2) is 0 Å². The van der Waals surface area contributed by atoms with Gasteiger partial charge in [-0.1, -0.05) is 30.3 Å².